The molecule has 0 bridgehead atoms. The van der Waals surface area contributed by atoms with Crippen LogP contribution in [-0.2, 0) is 9.53 Å². The highest BCUT2D eigenvalue weighted by Gasteiger charge is 2.36. The molecule has 1 aromatic rings. The smallest absolute Gasteiger partial charge is 0.251 e. The van der Waals surface area contributed by atoms with E-state index in [2.05, 4.69) is 17.1 Å². The summed E-state index contributed by atoms with van der Waals surface area (Å²) >= 11 is 0. The van der Waals surface area contributed by atoms with Crippen molar-refractivity contribution in [2.75, 3.05) is 31.7 Å². The third-order valence-electron chi connectivity index (χ3n) is 4.66. The van der Waals surface area contributed by atoms with Crippen molar-refractivity contribution in [1.29, 1.82) is 0 Å². The summed E-state index contributed by atoms with van der Waals surface area (Å²) in [5.41, 5.74) is 1.04. The minimum Gasteiger partial charge on any atom is -0.497 e. The van der Waals surface area contributed by atoms with Crippen molar-refractivity contribution in [3.63, 3.8) is 0 Å². The predicted octanol–water partition coefficient (Wildman–Crippen LogP) is 1.96. The molecular formula is C17H24N2O3. The van der Waals surface area contributed by atoms with Crippen LogP contribution in [0.3, 0.4) is 0 Å². The van der Waals surface area contributed by atoms with Crippen LogP contribution in [0, 0.1) is 0 Å². The summed E-state index contributed by atoms with van der Waals surface area (Å²) in [6.07, 6.45) is 2.91. The average molecular weight is 304 g/mol. The molecule has 1 saturated heterocycles. The number of hydrogen-bond donors (Lipinski definition) is 1. The number of carbonyl (C=O) groups excluding carboxylic acids is 1. The number of nitrogens with zero attached hydrogens (tertiary/aromatic N) is 1. The quantitative estimate of drug-likeness (QED) is 0.924. The number of benzene rings is 1. The number of anilines is 1. The highest BCUT2D eigenvalue weighted by molar-refractivity contribution is 5.82. The van der Waals surface area contributed by atoms with Gasteiger partial charge in [0.25, 0.3) is 5.91 Å². The molecule has 1 aliphatic carbocycles. The molecule has 1 heterocycles. The van der Waals surface area contributed by atoms with Gasteiger partial charge in [0.05, 0.1) is 20.3 Å². The molecule has 5 nitrogen and oxygen atoms in total. The van der Waals surface area contributed by atoms with E-state index in [9.17, 15) is 4.79 Å². The fraction of sp³-hybridized carbons (Fsp3) is 0.588. The highest BCUT2D eigenvalue weighted by atomic mass is 16.5. The van der Waals surface area contributed by atoms with E-state index in [1.165, 1.54) is 6.42 Å². The first kappa shape index (κ1) is 15.2. The number of rotatable bonds is 4. The maximum Gasteiger partial charge on any atom is 0.251 e. The van der Waals surface area contributed by atoms with Gasteiger partial charge >= 0.3 is 0 Å². The fourth-order valence-corrected chi connectivity index (χ4v) is 3.06. The van der Waals surface area contributed by atoms with Crippen LogP contribution in [0.2, 0.25) is 0 Å². The lowest BCUT2D eigenvalue weighted by molar-refractivity contribution is -0.136. The molecule has 22 heavy (non-hydrogen) atoms. The molecule has 1 aromatic carbocycles. The Bertz CT molecular complexity index is 542. The number of carbonyl (C=O) groups is 1. The van der Waals surface area contributed by atoms with Crippen LogP contribution in [0.15, 0.2) is 24.3 Å². The van der Waals surface area contributed by atoms with Crippen LogP contribution in [0.5, 0.6) is 5.75 Å². The van der Waals surface area contributed by atoms with Crippen molar-refractivity contribution in [2.24, 2.45) is 0 Å². The van der Waals surface area contributed by atoms with Crippen LogP contribution < -0.4 is 15.0 Å². The molecule has 0 spiro atoms. The number of hydrogen-bond acceptors (Lipinski definition) is 4. The Morgan fingerprint density at radius 2 is 2.27 bits per heavy atom. The topological polar surface area (TPSA) is 50.8 Å². The van der Waals surface area contributed by atoms with Gasteiger partial charge < -0.3 is 19.7 Å². The molecule has 1 saturated carbocycles. The molecule has 0 radical (unpaired) electrons. The first-order chi connectivity index (χ1) is 10.6. The third kappa shape index (κ3) is 3.19. The predicted molar refractivity (Wildman–Crippen MR) is 85.3 cm³/mol. The molecule has 0 aromatic heterocycles. The number of nitrogens with one attached hydrogen (secondary N) is 1. The summed E-state index contributed by atoms with van der Waals surface area (Å²) in [5.74, 6) is 0.835. The first-order valence-corrected chi connectivity index (χ1v) is 7.92. The van der Waals surface area contributed by atoms with Gasteiger partial charge in [-0.1, -0.05) is 6.07 Å². The molecule has 1 atom stereocenters. The van der Waals surface area contributed by atoms with E-state index in [0.29, 0.717) is 13.2 Å². The van der Waals surface area contributed by atoms with E-state index in [1.54, 1.807) is 7.11 Å². The van der Waals surface area contributed by atoms with Crippen molar-refractivity contribution in [2.45, 2.75) is 37.8 Å². The van der Waals surface area contributed by atoms with Crippen LogP contribution in [0.1, 0.15) is 26.2 Å². The summed E-state index contributed by atoms with van der Waals surface area (Å²) in [5, 5.41) is 3.14. The van der Waals surface area contributed by atoms with Crippen LogP contribution in [0.25, 0.3) is 0 Å². The number of ether oxygens (including phenoxy) is 2. The summed E-state index contributed by atoms with van der Waals surface area (Å²) in [6, 6.07) is 7.92. The lowest BCUT2D eigenvalue weighted by atomic mass is 9.78. The molecule has 2 aliphatic rings. The van der Waals surface area contributed by atoms with Gasteiger partial charge in [-0.3, -0.25) is 4.79 Å². The molecule has 0 unspecified atom stereocenters. The van der Waals surface area contributed by atoms with Crippen LogP contribution >= 0.6 is 0 Å². The lowest BCUT2D eigenvalue weighted by Gasteiger charge is -2.41. The van der Waals surface area contributed by atoms with Crippen LogP contribution in [0.4, 0.5) is 5.69 Å². The Morgan fingerprint density at radius 1 is 1.45 bits per heavy atom. The molecule has 120 valence electrons. The van der Waals surface area contributed by atoms with Gasteiger partial charge in [0.15, 0.2) is 6.10 Å². The minimum absolute atomic E-state index is 0.00907. The van der Waals surface area contributed by atoms with Crippen molar-refractivity contribution < 1.29 is 14.3 Å². The maximum absolute atomic E-state index is 12.4. The Morgan fingerprint density at radius 3 is 2.95 bits per heavy atom. The normalized spacial score (nSPS) is 23.5. The Balaban J connectivity index is 1.64. The van der Waals surface area contributed by atoms with Gasteiger partial charge in [0, 0.05) is 23.8 Å². The second-order valence-electron chi connectivity index (χ2n) is 6.41. The third-order valence-corrected chi connectivity index (χ3v) is 4.66. The van der Waals surface area contributed by atoms with Crippen molar-refractivity contribution in [1.82, 2.24) is 5.32 Å². The van der Waals surface area contributed by atoms with Crippen molar-refractivity contribution in [3.8, 4) is 5.75 Å². The van der Waals surface area contributed by atoms with Gasteiger partial charge in [-0.2, -0.15) is 0 Å². The summed E-state index contributed by atoms with van der Waals surface area (Å²) in [6.45, 7) is 4.03. The highest BCUT2D eigenvalue weighted by Crippen LogP contribution is 2.31. The number of amides is 1. The summed E-state index contributed by atoms with van der Waals surface area (Å²) in [4.78, 5) is 14.6. The van der Waals surface area contributed by atoms with E-state index in [1.807, 2.05) is 24.3 Å². The molecule has 1 N–H and O–H groups in total. The largest absolute Gasteiger partial charge is 0.497 e. The van der Waals surface area contributed by atoms with Crippen molar-refractivity contribution >= 4 is 11.6 Å². The van der Waals surface area contributed by atoms with E-state index >= 15 is 0 Å². The Kier molecular flexibility index (Phi) is 4.25. The molecule has 5 heteroatoms. The zero-order valence-corrected chi connectivity index (χ0v) is 13.3. The van der Waals surface area contributed by atoms with Gasteiger partial charge in [0.1, 0.15) is 5.75 Å². The van der Waals surface area contributed by atoms with Gasteiger partial charge in [-0.05, 0) is 38.3 Å². The maximum atomic E-state index is 12.4. The SMILES string of the molecule is COc1cccc(N2CCO[C@H](C(=O)NC3(C)CCC3)C2)c1. The van der Waals surface area contributed by atoms with Crippen LogP contribution in [-0.4, -0.2) is 44.4 Å². The molecule has 1 amide bonds. The Hall–Kier alpha value is -1.75. The average Bonchev–Trinajstić information content (AvgIpc) is 2.53. The number of methoxy groups -OCH3 is 1. The zero-order valence-electron chi connectivity index (χ0n) is 13.3. The van der Waals surface area contributed by atoms with E-state index < -0.39 is 6.10 Å². The molecule has 1 aliphatic heterocycles. The second-order valence-corrected chi connectivity index (χ2v) is 6.41. The van der Waals surface area contributed by atoms with E-state index in [0.717, 1.165) is 30.8 Å². The monoisotopic (exact) mass is 304 g/mol. The number of morpholine rings is 1. The molecule has 3 rings (SSSR count). The molecule has 2 fully saturated rings. The fourth-order valence-electron chi connectivity index (χ4n) is 3.06. The second kappa shape index (κ2) is 6.16. The molecular weight excluding hydrogens is 280 g/mol. The van der Waals surface area contributed by atoms with E-state index in [-0.39, 0.29) is 11.4 Å². The first-order valence-electron chi connectivity index (χ1n) is 7.92. The van der Waals surface area contributed by atoms with Gasteiger partial charge in [-0.25, -0.2) is 0 Å². The van der Waals surface area contributed by atoms with E-state index in [4.69, 9.17) is 9.47 Å². The Labute approximate surface area is 131 Å². The van der Waals surface area contributed by atoms with Gasteiger partial charge in [-0.15, -0.1) is 0 Å². The summed E-state index contributed by atoms with van der Waals surface area (Å²) in [7, 11) is 1.66. The van der Waals surface area contributed by atoms with Crippen molar-refractivity contribution in [3.05, 3.63) is 24.3 Å². The summed E-state index contributed by atoms with van der Waals surface area (Å²) < 4.78 is 10.9. The standard InChI is InChI=1S/C17H24N2O3/c1-17(7-4-8-17)18-16(20)15-12-19(9-10-22-15)13-5-3-6-14(11-13)21-2/h3,5-6,11,15H,4,7-10,12H2,1-2H3,(H,18,20)/t15-/m0/s1. The lowest BCUT2D eigenvalue weighted by Crippen LogP contribution is -2.57. The zero-order chi connectivity index (χ0) is 15.6. The van der Waals surface area contributed by atoms with Gasteiger partial charge in [0.2, 0.25) is 0 Å². The minimum atomic E-state index is -0.405.